The first-order chi connectivity index (χ1) is 12.4. The Morgan fingerprint density at radius 2 is 1.80 bits per heavy atom. The zero-order valence-corrected chi connectivity index (χ0v) is 14.2. The van der Waals surface area contributed by atoms with E-state index in [1.807, 2.05) is 6.07 Å². The summed E-state index contributed by atoms with van der Waals surface area (Å²) < 4.78 is 2.30. The SMILES string of the molecule is N#Cc1c2c(c(N3CCCC3)n3c1nc1ccccc13)C1CCC2C1. The number of fused-ring (bicyclic) bond motifs is 8. The van der Waals surface area contributed by atoms with Gasteiger partial charge in [0.1, 0.15) is 11.9 Å². The molecule has 124 valence electrons. The second-order valence-electron chi connectivity index (χ2n) is 7.80. The van der Waals surface area contributed by atoms with Crippen LogP contribution in [0.4, 0.5) is 5.82 Å². The summed E-state index contributed by atoms with van der Waals surface area (Å²) in [5.74, 6) is 2.55. The Balaban J connectivity index is 1.83. The van der Waals surface area contributed by atoms with Gasteiger partial charge in [0.2, 0.25) is 0 Å². The quantitative estimate of drug-likeness (QED) is 0.668. The van der Waals surface area contributed by atoms with E-state index in [2.05, 4.69) is 33.6 Å². The summed E-state index contributed by atoms with van der Waals surface area (Å²) in [5, 5.41) is 9.99. The zero-order chi connectivity index (χ0) is 16.5. The maximum absolute atomic E-state index is 9.99. The van der Waals surface area contributed by atoms with Crippen molar-refractivity contribution < 1.29 is 0 Å². The molecular formula is C21H20N4. The van der Waals surface area contributed by atoms with Crippen LogP contribution in [-0.2, 0) is 0 Å². The van der Waals surface area contributed by atoms with Crippen molar-refractivity contribution in [3.05, 3.63) is 41.0 Å². The van der Waals surface area contributed by atoms with Crippen molar-refractivity contribution in [1.29, 1.82) is 5.26 Å². The number of rotatable bonds is 1. The number of benzene rings is 1. The van der Waals surface area contributed by atoms with Crippen LogP contribution in [0.5, 0.6) is 0 Å². The molecule has 3 heterocycles. The molecule has 2 aromatic heterocycles. The highest BCUT2D eigenvalue weighted by Gasteiger charge is 2.43. The number of hydrogen-bond donors (Lipinski definition) is 0. The molecule has 1 aliphatic heterocycles. The Labute approximate surface area is 146 Å². The van der Waals surface area contributed by atoms with Gasteiger partial charge in [0.15, 0.2) is 5.65 Å². The van der Waals surface area contributed by atoms with E-state index >= 15 is 0 Å². The molecule has 4 nitrogen and oxygen atoms in total. The summed E-state index contributed by atoms with van der Waals surface area (Å²) in [7, 11) is 0. The molecule has 0 amide bonds. The number of aromatic nitrogens is 2. The lowest BCUT2D eigenvalue weighted by Crippen LogP contribution is -2.24. The van der Waals surface area contributed by atoms with Gasteiger partial charge in [-0.3, -0.25) is 4.40 Å². The molecule has 0 spiro atoms. The Hall–Kier alpha value is -2.54. The van der Waals surface area contributed by atoms with Crippen LogP contribution in [0.25, 0.3) is 16.7 Å². The standard InChI is InChI=1S/C21H20N4/c22-12-15-18-13-7-8-14(11-13)19(18)21(24-9-3-4-10-24)25-17-6-2-1-5-16(17)23-20(15)25/h1-2,5-6,13-14H,3-4,7-11H2. The molecule has 3 aliphatic rings. The predicted molar refractivity (Wildman–Crippen MR) is 98.2 cm³/mol. The molecule has 0 N–H and O–H groups in total. The average Bonchev–Trinajstić information content (AvgIpc) is 3.42. The predicted octanol–water partition coefficient (Wildman–Crippen LogP) is 4.32. The van der Waals surface area contributed by atoms with E-state index in [9.17, 15) is 5.26 Å². The van der Waals surface area contributed by atoms with Crippen molar-refractivity contribution in [2.45, 2.75) is 43.9 Å². The summed E-state index contributed by atoms with van der Waals surface area (Å²) in [6.45, 7) is 2.24. The van der Waals surface area contributed by atoms with Gasteiger partial charge < -0.3 is 4.90 Å². The van der Waals surface area contributed by atoms with Crippen LogP contribution in [0.1, 0.15) is 60.6 Å². The van der Waals surface area contributed by atoms with Gasteiger partial charge in [0.05, 0.1) is 16.6 Å². The first-order valence-corrected chi connectivity index (χ1v) is 9.49. The van der Waals surface area contributed by atoms with Crippen LogP contribution in [0.2, 0.25) is 0 Å². The van der Waals surface area contributed by atoms with Gasteiger partial charge in [-0.05, 0) is 61.6 Å². The zero-order valence-electron chi connectivity index (χ0n) is 14.2. The van der Waals surface area contributed by atoms with Crippen LogP contribution >= 0.6 is 0 Å². The van der Waals surface area contributed by atoms with Crippen LogP contribution < -0.4 is 4.90 Å². The second-order valence-corrected chi connectivity index (χ2v) is 7.80. The summed E-state index contributed by atoms with van der Waals surface area (Å²) in [5.41, 5.74) is 6.66. The molecule has 4 heteroatoms. The van der Waals surface area contributed by atoms with Gasteiger partial charge in [-0.25, -0.2) is 4.98 Å². The molecule has 2 atom stereocenters. The third-order valence-electron chi connectivity index (χ3n) is 6.56. The van der Waals surface area contributed by atoms with Crippen LogP contribution in [0.15, 0.2) is 24.3 Å². The van der Waals surface area contributed by atoms with Crippen molar-refractivity contribution in [2.24, 2.45) is 0 Å². The highest BCUT2D eigenvalue weighted by molar-refractivity contribution is 5.87. The van der Waals surface area contributed by atoms with E-state index in [4.69, 9.17) is 4.98 Å². The molecule has 2 bridgehead atoms. The topological polar surface area (TPSA) is 44.3 Å². The highest BCUT2D eigenvalue weighted by Crippen LogP contribution is 2.57. The summed E-state index contributed by atoms with van der Waals surface area (Å²) >= 11 is 0. The lowest BCUT2D eigenvalue weighted by atomic mass is 9.89. The van der Waals surface area contributed by atoms with Crippen LogP contribution in [0.3, 0.4) is 0 Å². The molecular weight excluding hydrogens is 308 g/mol. The van der Waals surface area contributed by atoms with E-state index in [0.29, 0.717) is 11.8 Å². The fourth-order valence-corrected chi connectivity index (χ4v) is 5.59. The molecule has 1 saturated carbocycles. The second kappa shape index (κ2) is 4.76. The molecule has 2 unspecified atom stereocenters. The highest BCUT2D eigenvalue weighted by atomic mass is 15.2. The van der Waals surface area contributed by atoms with E-state index in [-0.39, 0.29) is 0 Å². The Morgan fingerprint density at radius 1 is 1.04 bits per heavy atom. The van der Waals surface area contributed by atoms with E-state index < -0.39 is 0 Å². The molecule has 25 heavy (non-hydrogen) atoms. The molecule has 1 aromatic carbocycles. The molecule has 6 rings (SSSR count). The van der Waals surface area contributed by atoms with Gasteiger partial charge in [-0.1, -0.05) is 12.1 Å². The summed E-state index contributed by atoms with van der Waals surface area (Å²) in [6, 6.07) is 10.9. The largest absolute Gasteiger partial charge is 0.357 e. The minimum Gasteiger partial charge on any atom is -0.357 e. The molecule has 0 radical (unpaired) electrons. The van der Waals surface area contributed by atoms with Crippen molar-refractivity contribution in [3.63, 3.8) is 0 Å². The number of imidazole rings is 1. The Bertz CT molecular complexity index is 1070. The lowest BCUT2D eigenvalue weighted by molar-refractivity contribution is 0.706. The third-order valence-corrected chi connectivity index (χ3v) is 6.56. The first kappa shape index (κ1) is 13.7. The first-order valence-electron chi connectivity index (χ1n) is 9.49. The maximum atomic E-state index is 9.99. The normalized spacial score (nSPS) is 24.4. The number of nitriles is 1. The lowest BCUT2D eigenvalue weighted by Gasteiger charge is -2.28. The molecule has 3 aromatic rings. The van der Waals surface area contributed by atoms with Gasteiger partial charge in [-0.2, -0.15) is 5.26 Å². The monoisotopic (exact) mass is 328 g/mol. The van der Waals surface area contributed by atoms with E-state index in [1.165, 1.54) is 49.0 Å². The number of nitrogens with zero attached hydrogens (tertiary/aromatic N) is 4. The number of hydrogen-bond acceptors (Lipinski definition) is 3. The maximum Gasteiger partial charge on any atom is 0.157 e. The van der Waals surface area contributed by atoms with Crippen molar-refractivity contribution >= 4 is 22.5 Å². The van der Waals surface area contributed by atoms with Gasteiger partial charge in [-0.15, -0.1) is 0 Å². The number of para-hydroxylation sites is 2. The third kappa shape index (κ3) is 1.64. The van der Waals surface area contributed by atoms with Gasteiger partial charge in [0.25, 0.3) is 0 Å². The van der Waals surface area contributed by atoms with E-state index in [1.54, 1.807) is 0 Å². The van der Waals surface area contributed by atoms with Crippen molar-refractivity contribution in [1.82, 2.24) is 9.38 Å². The smallest absolute Gasteiger partial charge is 0.157 e. The van der Waals surface area contributed by atoms with Crippen LogP contribution in [-0.4, -0.2) is 22.5 Å². The fraction of sp³-hybridized carbons (Fsp3) is 0.429. The van der Waals surface area contributed by atoms with Gasteiger partial charge >= 0.3 is 0 Å². The molecule has 2 aliphatic carbocycles. The van der Waals surface area contributed by atoms with E-state index in [0.717, 1.165) is 35.3 Å². The molecule has 2 fully saturated rings. The Kier molecular flexibility index (Phi) is 2.61. The summed E-state index contributed by atoms with van der Waals surface area (Å²) in [4.78, 5) is 7.45. The Morgan fingerprint density at radius 3 is 2.60 bits per heavy atom. The van der Waals surface area contributed by atoms with Crippen LogP contribution in [0, 0.1) is 11.3 Å². The minimum atomic E-state index is 0.570. The number of anilines is 1. The minimum absolute atomic E-state index is 0.570. The van der Waals surface area contributed by atoms with Gasteiger partial charge in [0, 0.05) is 18.7 Å². The average molecular weight is 328 g/mol. The van der Waals surface area contributed by atoms with Crippen molar-refractivity contribution in [3.8, 4) is 6.07 Å². The number of pyridine rings is 1. The fourth-order valence-electron chi connectivity index (χ4n) is 5.59. The summed E-state index contributed by atoms with van der Waals surface area (Å²) in [6.07, 6.45) is 6.27. The molecule has 1 saturated heterocycles. The van der Waals surface area contributed by atoms with Crippen molar-refractivity contribution in [2.75, 3.05) is 18.0 Å².